The van der Waals surface area contributed by atoms with Crippen molar-refractivity contribution >= 4 is 0 Å². The molecule has 0 saturated carbocycles. The maximum absolute atomic E-state index is 9.36. The molecule has 0 heterocycles. The van der Waals surface area contributed by atoms with Crippen LogP contribution < -0.4 is 0 Å². The monoisotopic (exact) mass is 168 g/mol. The molecule has 3 heteroatoms. The van der Waals surface area contributed by atoms with Gasteiger partial charge in [-0.25, -0.2) is 0 Å². The zero-order valence-corrected chi connectivity index (χ0v) is 6.81. The van der Waals surface area contributed by atoms with Crippen LogP contribution in [0.5, 0.6) is 5.75 Å². The van der Waals surface area contributed by atoms with E-state index in [4.69, 9.17) is 10.2 Å². The van der Waals surface area contributed by atoms with E-state index >= 15 is 0 Å². The normalized spacial score (nSPS) is 15.6. The summed E-state index contributed by atoms with van der Waals surface area (Å²) in [5, 5.41) is 27.3. The van der Waals surface area contributed by atoms with Crippen LogP contribution >= 0.6 is 0 Å². The van der Waals surface area contributed by atoms with Crippen LogP contribution in [0.1, 0.15) is 18.6 Å². The number of hydrogen-bond acceptors (Lipinski definition) is 3. The van der Waals surface area contributed by atoms with Crippen LogP contribution in [-0.4, -0.2) is 21.4 Å². The Morgan fingerprint density at radius 2 is 1.58 bits per heavy atom. The third kappa shape index (κ3) is 1.96. The van der Waals surface area contributed by atoms with Crippen molar-refractivity contribution in [2.24, 2.45) is 0 Å². The first-order chi connectivity index (χ1) is 5.61. The van der Waals surface area contributed by atoms with Crippen LogP contribution in [0.15, 0.2) is 24.3 Å². The minimum atomic E-state index is -0.884. The van der Waals surface area contributed by atoms with Gasteiger partial charge in [0.2, 0.25) is 0 Å². The number of aliphatic hydroxyl groups excluding tert-OH is 2. The quantitative estimate of drug-likeness (QED) is 0.612. The fraction of sp³-hybridized carbons (Fsp3) is 0.333. The number of aromatic hydroxyl groups is 1. The Bertz CT molecular complexity index is 240. The average molecular weight is 168 g/mol. The van der Waals surface area contributed by atoms with Gasteiger partial charge < -0.3 is 15.3 Å². The Labute approximate surface area is 70.9 Å². The molecule has 1 aromatic rings. The summed E-state index contributed by atoms with van der Waals surface area (Å²) >= 11 is 0. The molecule has 2 atom stereocenters. The van der Waals surface area contributed by atoms with E-state index in [2.05, 4.69) is 0 Å². The second kappa shape index (κ2) is 3.56. The van der Waals surface area contributed by atoms with E-state index in [0.717, 1.165) is 0 Å². The highest BCUT2D eigenvalue weighted by atomic mass is 16.3. The molecule has 0 radical (unpaired) electrons. The van der Waals surface area contributed by atoms with Gasteiger partial charge in [0, 0.05) is 0 Å². The van der Waals surface area contributed by atoms with E-state index in [0.29, 0.717) is 5.56 Å². The lowest BCUT2D eigenvalue weighted by atomic mass is 10.1. The Morgan fingerprint density at radius 1 is 1.08 bits per heavy atom. The maximum atomic E-state index is 9.36. The molecule has 0 aliphatic carbocycles. The summed E-state index contributed by atoms with van der Waals surface area (Å²) in [7, 11) is 0. The molecule has 12 heavy (non-hydrogen) atoms. The molecule has 0 saturated heterocycles. The topological polar surface area (TPSA) is 60.7 Å². The Balaban J connectivity index is 2.82. The molecule has 3 N–H and O–H groups in total. The first-order valence-electron chi connectivity index (χ1n) is 3.76. The van der Waals surface area contributed by atoms with Crippen molar-refractivity contribution < 1.29 is 15.3 Å². The Kier molecular flexibility index (Phi) is 2.68. The number of aliphatic hydroxyl groups is 2. The van der Waals surface area contributed by atoms with Crippen molar-refractivity contribution in [3.05, 3.63) is 29.8 Å². The molecule has 0 aromatic heterocycles. The van der Waals surface area contributed by atoms with Crippen LogP contribution in [0, 0.1) is 0 Å². The second-order valence-electron chi connectivity index (χ2n) is 2.78. The summed E-state index contributed by atoms with van der Waals surface area (Å²) in [5.74, 6) is 0.150. The summed E-state index contributed by atoms with van der Waals surface area (Å²) in [5.41, 5.74) is 0.600. The number of phenols is 1. The highest BCUT2D eigenvalue weighted by Gasteiger charge is 2.12. The zero-order chi connectivity index (χ0) is 9.14. The zero-order valence-electron chi connectivity index (χ0n) is 6.81. The smallest absolute Gasteiger partial charge is 0.115 e. The molecule has 1 rings (SSSR count). The van der Waals surface area contributed by atoms with Gasteiger partial charge in [-0.15, -0.1) is 0 Å². The SMILES string of the molecule is C[C@@H](O)[C@@H](O)c1ccc(O)cc1. The summed E-state index contributed by atoms with van der Waals surface area (Å²) < 4.78 is 0. The predicted octanol–water partition coefficient (Wildman–Crippen LogP) is 0.806. The van der Waals surface area contributed by atoms with E-state index < -0.39 is 12.2 Å². The highest BCUT2D eigenvalue weighted by Crippen LogP contribution is 2.18. The van der Waals surface area contributed by atoms with Crippen LogP contribution in [0.25, 0.3) is 0 Å². The van der Waals surface area contributed by atoms with E-state index in [-0.39, 0.29) is 5.75 Å². The molecule has 1 aromatic carbocycles. The van der Waals surface area contributed by atoms with E-state index in [1.54, 1.807) is 12.1 Å². The average Bonchev–Trinajstić information content (AvgIpc) is 2.04. The van der Waals surface area contributed by atoms with Crippen LogP contribution in [-0.2, 0) is 0 Å². The summed E-state index contributed by atoms with van der Waals surface area (Å²) in [6.45, 7) is 1.51. The van der Waals surface area contributed by atoms with Crippen molar-refractivity contribution in [1.82, 2.24) is 0 Å². The predicted molar refractivity (Wildman–Crippen MR) is 44.7 cm³/mol. The Hall–Kier alpha value is -1.06. The highest BCUT2D eigenvalue weighted by molar-refractivity contribution is 5.27. The van der Waals surface area contributed by atoms with Crippen LogP contribution in [0.3, 0.4) is 0 Å². The van der Waals surface area contributed by atoms with E-state index in [1.807, 2.05) is 0 Å². The van der Waals surface area contributed by atoms with Gasteiger partial charge in [-0.2, -0.15) is 0 Å². The number of phenolic OH excluding ortho intramolecular Hbond substituents is 1. The summed E-state index contributed by atoms with van der Waals surface area (Å²) in [6, 6.07) is 6.10. The van der Waals surface area contributed by atoms with Gasteiger partial charge in [0.15, 0.2) is 0 Å². The number of benzene rings is 1. The maximum Gasteiger partial charge on any atom is 0.115 e. The standard InChI is InChI=1S/C9H12O3/c1-6(10)9(12)7-2-4-8(11)5-3-7/h2-6,9-12H,1H3/t6-,9-/m1/s1. The van der Waals surface area contributed by atoms with Gasteiger partial charge >= 0.3 is 0 Å². The summed E-state index contributed by atoms with van der Waals surface area (Å²) in [4.78, 5) is 0. The molecule has 0 bridgehead atoms. The molecule has 0 spiro atoms. The lowest BCUT2D eigenvalue weighted by Gasteiger charge is -2.13. The van der Waals surface area contributed by atoms with Crippen molar-refractivity contribution in [2.75, 3.05) is 0 Å². The first-order valence-corrected chi connectivity index (χ1v) is 3.76. The largest absolute Gasteiger partial charge is 0.508 e. The minimum Gasteiger partial charge on any atom is -0.508 e. The Morgan fingerprint density at radius 3 is 2.00 bits per heavy atom. The third-order valence-electron chi connectivity index (χ3n) is 1.69. The van der Waals surface area contributed by atoms with Gasteiger partial charge in [0.1, 0.15) is 11.9 Å². The summed E-state index contributed by atoms with van der Waals surface area (Å²) in [6.07, 6.45) is -1.68. The van der Waals surface area contributed by atoms with E-state index in [1.165, 1.54) is 19.1 Å². The van der Waals surface area contributed by atoms with Gasteiger partial charge in [0.05, 0.1) is 6.10 Å². The molecular formula is C9H12O3. The molecular weight excluding hydrogens is 156 g/mol. The van der Waals surface area contributed by atoms with Gasteiger partial charge in [-0.3, -0.25) is 0 Å². The second-order valence-corrected chi connectivity index (χ2v) is 2.78. The van der Waals surface area contributed by atoms with Gasteiger partial charge in [-0.05, 0) is 24.6 Å². The molecule has 66 valence electrons. The number of rotatable bonds is 2. The lowest BCUT2D eigenvalue weighted by Crippen LogP contribution is -2.13. The van der Waals surface area contributed by atoms with Gasteiger partial charge in [-0.1, -0.05) is 12.1 Å². The first kappa shape index (κ1) is 9.03. The fourth-order valence-corrected chi connectivity index (χ4v) is 0.950. The minimum absolute atomic E-state index is 0.150. The van der Waals surface area contributed by atoms with Crippen molar-refractivity contribution in [2.45, 2.75) is 19.1 Å². The van der Waals surface area contributed by atoms with Crippen molar-refractivity contribution in [1.29, 1.82) is 0 Å². The molecule has 3 nitrogen and oxygen atoms in total. The number of hydrogen-bond donors (Lipinski definition) is 3. The van der Waals surface area contributed by atoms with Gasteiger partial charge in [0.25, 0.3) is 0 Å². The molecule has 0 aliphatic rings. The van der Waals surface area contributed by atoms with Crippen LogP contribution in [0.2, 0.25) is 0 Å². The lowest BCUT2D eigenvalue weighted by molar-refractivity contribution is 0.0305. The molecule has 0 amide bonds. The van der Waals surface area contributed by atoms with Crippen molar-refractivity contribution in [3.63, 3.8) is 0 Å². The van der Waals surface area contributed by atoms with E-state index in [9.17, 15) is 5.11 Å². The molecule has 0 aliphatic heterocycles. The molecule has 0 unspecified atom stereocenters. The van der Waals surface area contributed by atoms with Crippen molar-refractivity contribution in [3.8, 4) is 5.75 Å². The fourth-order valence-electron chi connectivity index (χ4n) is 0.950. The third-order valence-corrected chi connectivity index (χ3v) is 1.69. The molecule has 0 fully saturated rings. The van der Waals surface area contributed by atoms with Crippen LogP contribution in [0.4, 0.5) is 0 Å².